The maximum atomic E-state index is 13.1. The molecule has 2 heterocycles. The highest BCUT2D eigenvalue weighted by molar-refractivity contribution is 6.00. The van der Waals surface area contributed by atoms with E-state index in [0.29, 0.717) is 39.6 Å². The van der Waals surface area contributed by atoms with E-state index >= 15 is 0 Å². The molecule has 1 aromatic carbocycles. The number of hydrogen-bond donors (Lipinski definition) is 1. The molecule has 33 heavy (non-hydrogen) atoms. The van der Waals surface area contributed by atoms with Gasteiger partial charge in [0.25, 0.3) is 0 Å². The van der Waals surface area contributed by atoms with Crippen molar-refractivity contribution in [2.45, 2.75) is 59.8 Å². The van der Waals surface area contributed by atoms with E-state index in [1.807, 2.05) is 25.1 Å². The largest absolute Gasteiger partial charge is 0.463 e. The third-order valence-corrected chi connectivity index (χ3v) is 5.81. The van der Waals surface area contributed by atoms with Crippen LogP contribution in [0.2, 0.25) is 0 Å². The van der Waals surface area contributed by atoms with Crippen LogP contribution in [0.25, 0.3) is 0 Å². The molecule has 3 rings (SSSR count). The van der Waals surface area contributed by atoms with Gasteiger partial charge in [-0.15, -0.1) is 0 Å². The molecule has 0 bridgehead atoms. The van der Waals surface area contributed by atoms with Crippen LogP contribution >= 0.6 is 0 Å². The minimum Gasteiger partial charge on any atom is -0.463 e. The summed E-state index contributed by atoms with van der Waals surface area (Å²) in [7, 11) is 0. The number of nitrogens with zero attached hydrogens (tertiary/aromatic N) is 1. The van der Waals surface area contributed by atoms with Crippen molar-refractivity contribution in [2.24, 2.45) is 0 Å². The maximum absolute atomic E-state index is 13.1. The molecule has 1 aliphatic rings. The smallest absolute Gasteiger partial charge is 0.336 e. The summed E-state index contributed by atoms with van der Waals surface area (Å²) in [6.45, 7) is 11.4. The third-order valence-electron chi connectivity index (χ3n) is 5.81. The number of ether oxygens (including phenoxy) is 2. The fraction of sp³-hybridized carbons (Fsp3) is 0.423. The van der Waals surface area contributed by atoms with Crippen LogP contribution in [0.5, 0.6) is 0 Å². The Kier molecular flexibility index (Phi) is 7.74. The fourth-order valence-corrected chi connectivity index (χ4v) is 4.40. The van der Waals surface area contributed by atoms with Crippen LogP contribution in [0.1, 0.15) is 69.0 Å². The van der Waals surface area contributed by atoms with Gasteiger partial charge in [-0.05, 0) is 46.6 Å². The molecule has 1 aliphatic heterocycles. The van der Waals surface area contributed by atoms with E-state index in [2.05, 4.69) is 29.5 Å². The van der Waals surface area contributed by atoms with E-state index in [1.54, 1.807) is 27.7 Å². The predicted octanol–water partition coefficient (Wildman–Crippen LogP) is 4.69. The lowest BCUT2D eigenvalue weighted by Crippen LogP contribution is -2.33. The number of rotatable bonds is 8. The molecule has 176 valence electrons. The Balaban J connectivity index is 2.16. The molecule has 0 aliphatic carbocycles. The first-order valence-electron chi connectivity index (χ1n) is 11.3. The summed E-state index contributed by atoms with van der Waals surface area (Å²) < 4.78 is 16.6. The lowest BCUT2D eigenvalue weighted by atomic mass is 9.77. The number of carbonyl (C=O) groups excluding carboxylic acids is 2. The van der Waals surface area contributed by atoms with Gasteiger partial charge in [0.1, 0.15) is 5.76 Å². The molecule has 2 aromatic rings. The van der Waals surface area contributed by atoms with Gasteiger partial charge in [0.05, 0.1) is 36.0 Å². The molecule has 0 saturated heterocycles. The first-order valence-corrected chi connectivity index (χ1v) is 11.3. The number of allylic oxidation sites excluding steroid dienone is 2. The topological polar surface area (TPSA) is 90.7 Å². The van der Waals surface area contributed by atoms with Gasteiger partial charge < -0.3 is 19.3 Å². The second-order valence-corrected chi connectivity index (χ2v) is 8.21. The van der Waals surface area contributed by atoms with Crippen LogP contribution in [-0.4, -0.2) is 30.3 Å². The zero-order chi connectivity index (χ0) is 24.1. The second kappa shape index (κ2) is 10.5. The van der Waals surface area contributed by atoms with Gasteiger partial charge in [-0.25, -0.2) is 9.59 Å². The molecular formula is C26H32N2O5. The number of nitrogens with one attached hydrogen (secondary N) is 1. The number of hydrogen-bond acceptors (Lipinski definition) is 7. The standard InChI is InChI=1S/C26H32N2O5/c1-7-31-25(29)21-16(4)27-17(5)22(26(30)32-8-2)23(21)20-18(6)28-33-24(20)15(3)14-19-12-10-9-11-13-19/h9-13,15,23,27H,7-8,14H2,1-6H3/t15-/m1/s1. The molecular weight excluding hydrogens is 420 g/mol. The summed E-state index contributed by atoms with van der Waals surface area (Å²) in [4.78, 5) is 26.2. The van der Waals surface area contributed by atoms with Crippen molar-refractivity contribution in [1.82, 2.24) is 10.5 Å². The highest BCUT2D eigenvalue weighted by Gasteiger charge is 2.42. The number of aromatic nitrogens is 1. The number of benzene rings is 1. The fourth-order valence-electron chi connectivity index (χ4n) is 4.40. The van der Waals surface area contributed by atoms with E-state index in [-0.39, 0.29) is 19.1 Å². The molecule has 0 radical (unpaired) electrons. The Labute approximate surface area is 194 Å². The monoisotopic (exact) mass is 452 g/mol. The second-order valence-electron chi connectivity index (χ2n) is 8.21. The third kappa shape index (κ3) is 5.02. The zero-order valence-corrected chi connectivity index (χ0v) is 20.2. The van der Waals surface area contributed by atoms with Crippen LogP contribution in [0.3, 0.4) is 0 Å². The van der Waals surface area contributed by atoms with Gasteiger partial charge in [0.15, 0.2) is 0 Å². The zero-order valence-electron chi connectivity index (χ0n) is 20.2. The Morgan fingerprint density at radius 2 is 1.55 bits per heavy atom. The van der Waals surface area contributed by atoms with Crippen molar-refractivity contribution >= 4 is 11.9 Å². The van der Waals surface area contributed by atoms with Crippen LogP contribution in [0.4, 0.5) is 0 Å². The van der Waals surface area contributed by atoms with Gasteiger partial charge in [-0.3, -0.25) is 0 Å². The quantitative estimate of drug-likeness (QED) is 0.581. The molecule has 1 atom stereocenters. The first kappa shape index (κ1) is 24.3. The molecule has 0 amide bonds. The van der Waals surface area contributed by atoms with Crippen molar-refractivity contribution in [3.8, 4) is 0 Å². The van der Waals surface area contributed by atoms with Crippen molar-refractivity contribution < 1.29 is 23.6 Å². The van der Waals surface area contributed by atoms with Gasteiger partial charge in [-0.1, -0.05) is 42.4 Å². The minimum atomic E-state index is -0.705. The number of dihydropyridines is 1. The predicted molar refractivity (Wildman–Crippen MR) is 124 cm³/mol. The minimum absolute atomic E-state index is 0.0361. The first-order chi connectivity index (χ1) is 15.8. The normalized spacial score (nSPS) is 15.3. The van der Waals surface area contributed by atoms with E-state index in [9.17, 15) is 9.59 Å². The van der Waals surface area contributed by atoms with E-state index < -0.39 is 17.9 Å². The average molecular weight is 453 g/mol. The maximum Gasteiger partial charge on any atom is 0.336 e. The molecule has 1 N–H and O–H groups in total. The number of esters is 2. The number of aryl methyl sites for hydroxylation is 1. The van der Waals surface area contributed by atoms with Crippen molar-refractivity contribution in [3.63, 3.8) is 0 Å². The van der Waals surface area contributed by atoms with Crippen LogP contribution in [-0.2, 0) is 25.5 Å². The Morgan fingerprint density at radius 1 is 1.00 bits per heavy atom. The summed E-state index contributed by atoms with van der Waals surface area (Å²) in [5.41, 5.74) is 4.49. The molecule has 0 saturated carbocycles. The van der Waals surface area contributed by atoms with E-state index in [0.717, 1.165) is 12.0 Å². The van der Waals surface area contributed by atoms with E-state index in [1.165, 1.54) is 0 Å². The van der Waals surface area contributed by atoms with E-state index in [4.69, 9.17) is 14.0 Å². The van der Waals surface area contributed by atoms with Gasteiger partial charge in [0.2, 0.25) is 0 Å². The average Bonchev–Trinajstić information content (AvgIpc) is 3.15. The SMILES string of the molecule is CCOC(=O)C1=C(C)NC(C)=C(C(=O)OCC)C1c1c(C)noc1[C@H](C)Cc1ccccc1. The molecule has 0 unspecified atom stereocenters. The Hall–Kier alpha value is -3.35. The number of carbonyl (C=O) groups is 2. The van der Waals surface area contributed by atoms with Crippen LogP contribution in [0.15, 0.2) is 57.4 Å². The molecule has 7 nitrogen and oxygen atoms in total. The van der Waals surface area contributed by atoms with Crippen LogP contribution < -0.4 is 5.32 Å². The summed E-state index contributed by atoms with van der Waals surface area (Å²) in [5.74, 6) is -1.06. The molecule has 0 fully saturated rings. The molecule has 0 spiro atoms. The molecule has 7 heteroatoms. The van der Waals surface area contributed by atoms with Crippen molar-refractivity contribution in [2.75, 3.05) is 13.2 Å². The summed E-state index contributed by atoms with van der Waals surface area (Å²) in [5, 5.41) is 7.40. The lowest BCUT2D eigenvalue weighted by molar-refractivity contribution is -0.139. The summed E-state index contributed by atoms with van der Waals surface area (Å²) in [6, 6.07) is 10.1. The van der Waals surface area contributed by atoms with Crippen molar-refractivity contribution in [3.05, 3.63) is 75.5 Å². The van der Waals surface area contributed by atoms with Gasteiger partial charge in [0, 0.05) is 22.9 Å². The highest BCUT2D eigenvalue weighted by Crippen LogP contribution is 2.44. The Morgan fingerprint density at radius 3 is 2.06 bits per heavy atom. The summed E-state index contributed by atoms with van der Waals surface area (Å²) in [6.07, 6.45) is 0.725. The van der Waals surface area contributed by atoms with Crippen LogP contribution in [0, 0.1) is 6.92 Å². The highest BCUT2D eigenvalue weighted by atomic mass is 16.5. The molecule has 1 aromatic heterocycles. The Bertz CT molecular complexity index is 1040. The van der Waals surface area contributed by atoms with Crippen molar-refractivity contribution in [1.29, 1.82) is 0 Å². The van der Waals surface area contributed by atoms with Gasteiger partial charge >= 0.3 is 11.9 Å². The summed E-state index contributed by atoms with van der Waals surface area (Å²) >= 11 is 0. The van der Waals surface area contributed by atoms with Gasteiger partial charge in [-0.2, -0.15) is 0 Å². The lowest BCUT2D eigenvalue weighted by Gasteiger charge is -2.30.